The summed E-state index contributed by atoms with van der Waals surface area (Å²) in [5.74, 6) is -0.904. The highest BCUT2D eigenvalue weighted by atomic mass is 19.4. The van der Waals surface area contributed by atoms with Gasteiger partial charge >= 0.3 is 12.1 Å². The highest BCUT2D eigenvalue weighted by molar-refractivity contribution is 5.91. The number of esters is 1. The second-order valence-electron chi connectivity index (χ2n) is 5.30. The lowest BCUT2D eigenvalue weighted by Gasteiger charge is -2.12. The second-order valence-corrected chi connectivity index (χ2v) is 5.30. The van der Waals surface area contributed by atoms with Crippen LogP contribution in [-0.2, 0) is 10.9 Å². The maximum absolute atomic E-state index is 12.8. The van der Waals surface area contributed by atoms with Crippen molar-refractivity contribution >= 4 is 5.97 Å². The Morgan fingerprint density at radius 3 is 2.23 bits per heavy atom. The van der Waals surface area contributed by atoms with Crippen LogP contribution in [0.5, 0.6) is 0 Å². The fourth-order valence-corrected chi connectivity index (χ4v) is 2.21. The molecule has 5 heteroatoms. The van der Waals surface area contributed by atoms with Crippen molar-refractivity contribution in [2.24, 2.45) is 0 Å². The second kappa shape index (κ2) is 9.49. The summed E-state index contributed by atoms with van der Waals surface area (Å²) in [7, 11) is 0. The van der Waals surface area contributed by atoms with Crippen molar-refractivity contribution in [3.05, 3.63) is 35.4 Å². The number of carbonyl (C=O) groups excluding carboxylic acids is 1. The number of rotatable bonds is 9. The van der Waals surface area contributed by atoms with Crippen molar-refractivity contribution in [3.8, 4) is 0 Å². The molecule has 0 unspecified atom stereocenters. The zero-order chi connectivity index (χ0) is 16.4. The molecular weight excluding hydrogens is 293 g/mol. The van der Waals surface area contributed by atoms with Crippen LogP contribution in [0.2, 0.25) is 0 Å². The van der Waals surface area contributed by atoms with Crippen LogP contribution >= 0.6 is 0 Å². The van der Waals surface area contributed by atoms with Gasteiger partial charge in [-0.25, -0.2) is 4.79 Å². The van der Waals surface area contributed by atoms with E-state index in [1.165, 1.54) is 31.4 Å². The van der Waals surface area contributed by atoms with Crippen LogP contribution in [0.1, 0.15) is 67.8 Å². The van der Waals surface area contributed by atoms with Crippen LogP contribution in [-0.4, -0.2) is 12.6 Å². The molecule has 0 aliphatic carbocycles. The first-order valence-electron chi connectivity index (χ1n) is 7.80. The van der Waals surface area contributed by atoms with E-state index >= 15 is 0 Å². The standard InChI is InChI=1S/C17H23F3O2/c1-2-3-4-5-6-7-10-13-22-16(21)14-11-8-9-12-15(14)17(18,19)20/h8-9,11-12H,2-7,10,13H2,1H3. The average molecular weight is 316 g/mol. The summed E-state index contributed by atoms with van der Waals surface area (Å²) in [6.45, 7) is 2.32. The molecule has 0 fully saturated rings. The van der Waals surface area contributed by atoms with Gasteiger partial charge in [0.1, 0.15) is 0 Å². The van der Waals surface area contributed by atoms with Gasteiger partial charge in [0, 0.05) is 0 Å². The minimum atomic E-state index is -4.55. The van der Waals surface area contributed by atoms with Gasteiger partial charge < -0.3 is 4.74 Å². The van der Waals surface area contributed by atoms with Gasteiger partial charge in [-0.1, -0.05) is 57.6 Å². The van der Waals surface area contributed by atoms with E-state index in [1.54, 1.807) is 0 Å². The van der Waals surface area contributed by atoms with E-state index in [0.717, 1.165) is 31.4 Å². The van der Waals surface area contributed by atoms with E-state index in [0.29, 0.717) is 6.42 Å². The van der Waals surface area contributed by atoms with Crippen molar-refractivity contribution in [1.29, 1.82) is 0 Å². The lowest BCUT2D eigenvalue weighted by atomic mass is 10.1. The molecule has 0 saturated carbocycles. The quantitative estimate of drug-likeness (QED) is 0.437. The molecule has 0 N–H and O–H groups in total. The number of ether oxygens (including phenoxy) is 1. The van der Waals surface area contributed by atoms with Crippen LogP contribution in [0, 0.1) is 0 Å². The van der Waals surface area contributed by atoms with Crippen LogP contribution in [0.25, 0.3) is 0 Å². The van der Waals surface area contributed by atoms with Gasteiger partial charge in [-0.2, -0.15) is 13.2 Å². The predicted molar refractivity (Wildman–Crippen MR) is 79.7 cm³/mol. The fourth-order valence-electron chi connectivity index (χ4n) is 2.21. The van der Waals surface area contributed by atoms with Gasteiger partial charge in [0.2, 0.25) is 0 Å². The smallest absolute Gasteiger partial charge is 0.417 e. The molecule has 0 aliphatic heterocycles. The molecule has 0 bridgehead atoms. The van der Waals surface area contributed by atoms with Crippen molar-refractivity contribution < 1.29 is 22.7 Å². The summed E-state index contributed by atoms with van der Waals surface area (Å²) in [5, 5.41) is 0. The number of benzene rings is 1. The third kappa shape index (κ3) is 6.50. The number of hydrogen-bond donors (Lipinski definition) is 0. The third-order valence-corrected chi connectivity index (χ3v) is 3.43. The molecule has 0 heterocycles. The lowest BCUT2D eigenvalue weighted by Crippen LogP contribution is -2.15. The number of halogens is 3. The maximum atomic E-state index is 12.8. The molecule has 0 atom stereocenters. The van der Waals surface area contributed by atoms with Gasteiger partial charge in [0.25, 0.3) is 0 Å². The van der Waals surface area contributed by atoms with E-state index in [2.05, 4.69) is 6.92 Å². The van der Waals surface area contributed by atoms with Crippen molar-refractivity contribution in [2.75, 3.05) is 6.61 Å². The Morgan fingerprint density at radius 2 is 1.59 bits per heavy atom. The summed E-state index contributed by atoms with van der Waals surface area (Å²) >= 11 is 0. The Morgan fingerprint density at radius 1 is 1.00 bits per heavy atom. The summed E-state index contributed by atoms with van der Waals surface area (Å²) in [4.78, 5) is 11.8. The topological polar surface area (TPSA) is 26.3 Å². The van der Waals surface area contributed by atoms with Gasteiger partial charge in [-0.3, -0.25) is 0 Å². The Bertz CT molecular complexity index is 455. The van der Waals surface area contributed by atoms with Crippen LogP contribution in [0.3, 0.4) is 0 Å². The van der Waals surface area contributed by atoms with Crippen molar-refractivity contribution in [1.82, 2.24) is 0 Å². The average Bonchev–Trinajstić information content (AvgIpc) is 2.49. The highest BCUT2D eigenvalue weighted by Crippen LogP contribution is 2.32. The minimum Gasteiger partial charge on any atom is -0.462 e. The van der Waals surface area contributed by atoms with Gasteiger partial charge in [0.15, 0.2) is 0 Å². The molecule has 0 saturated heterocycles. The van der Waals surface area contributed by atoms with E-state index in [-0.39, 0.29) is 6.61 Å². The first-order valence-corrected chi connectivity index (χ1v) is 7.80. The first-order chi connectivity index (χ1) is 10.5. The molecule has 0 aromatic heterocycles. The third-order valence-electron chi connectivity index (χ3n) is 3.43. The predicted octanol–water partition coefficient (Wildman–Crippen LogP) is 5.61. The monoisotopic (exact) mass is 316 g/mol. The Labute approximate surface area is 129 Å². The Hall–Kier alpha value is -1.52. The summed E-state index contributed by atoms with van der Waals surface area (Å²) in [6, 6.07) is 4.70. The number of alkyl halides is 3. The molecule has 0 radical (unpaired) electrons. The van der Waals surface area contributed by atoms with E-state index in [4.69, 9.17) is 4.74 Å². The molecule has 0 aliphatic rings. The Kier molecular flexibility index (Phi) is 7.99. The number of carbonyl (C=O) groups is 1. The molecular formula is C17H23F3O2. The molecule has 0 amide bonds. The SMILES string of the molecule is CCCCCCCCCOC(=O)c1ccccc1C(F)(F)F. The number of unbranched alkanes of at least 4 members (excludes halogenated alkanes) is 6. The van der Waals surface area contributed by atoms with Gasteiger partial charge in [0.05, 0.1) is 17.7 Å². The van der Waals surface area contributed by atoms with E-state index in [9.17, 15) is 18.0 Å². The molecule has 0 spiro atoms. The summed E-state index contributed by atoms with van der Waals surface area (Å²) in [6.07, 6.45) is 2.91. The first kappa shape index (κ1) is 18.5. The number of hydrogen-bond acceptors (Lipinski definition) is 2. The zero-order valence-corrected chi connectivity index (χ0v) is 12.9. The molecule has 1 rings (SSSR count). The molecule has 22 heavy (non-hydrogen) atoms. The molecule has 1 aromatic rings. The molecule has 1 aromatic carbocycles. The largest absolute Gasteiger partial charge is 0.462 e. The van der Waals surface area contributed by atoms with Crippen molar-refractivity contribution in [3.63, 3.8) is 0 Å². The highest BCUT2D eigenvalue weighted by Gasteiger charge is 2.35. The van der Waals surface area contributed by atoms with E-state index < -0.39 is 23.3 Å². The fraction of sp³-hybridized carbons (Fsp3) is 0.588. The summed E-state index contributed by atoms with van der Waals surface area (Å²) in [5.41, 5.74) is -1.36. The lowest BCUT2D eigenvalue weighted by molar-refractivity contribution is -0.138. The maximum Gasteiger partial charge on any atom is 0.417 e. The summed E-state index contributed by atoms with van der Waals surface area (Å²) < 4.78 is 43.3. The molecule has 124 valence electrons. The van der Waals surface area contributed by atoms with Crippen molar-refractivity contribution in [2.45, 2.75) is 58.0 Å². The molecule has 2 nitrogen and oxygen atoms in total. The minimum absolute atomic E-state index is 0.165. The van der Waals surface area contributed by atoms with Crippen LogP contribution < -0.4 is 0 Å². The normalized spacial score (nSPS) is 11.5. The van der Waals surface area contributed by atoms with Gasteiger partial charge in [-0.15, -0.1) is 0 Å². The van der Waals surface area contributed by atoms with Gasteiger partial charge in [-0.05, 0) is 18.6 Å². The zero-order valence-electron chi connectivity index (χ0n) is 12.9. The van der Waals surface area contributed by atoms with E-state index in [1.807, 2.05) is 0 Å². The van der Waals surface area contributed by atoms with Crippen LogP contribution in [0.15, 0.2) is 24.3 Å². The Balaban J connectivity index is 2.35. The van der Waals surface area contributed by atoms with Crippen LogP contribution in [0.4, 0.5) is 13.2 Å².